The van der Waals surface area contributed by atoms with Crippen molar-refractivity contribution in [3.63, 3.8) is 0 Å². The second kappa shape index (κ2) is 8.44. The first-order valence-electron chi connectivity index (χ1n) is 6.04. The number of benzene rings is 1. The molecule has 5 nitrogen and oxygen atoms in total. The highest BCUT2D eigenvalue weighted by Gasteiger charge is 2.09. The minimum atomic E-state index is -0.414. The number of halogens is 1. The fraction of sp³-hybridized carbons (Fsp3) is 0.462. The SMILES string of the molecule is CN(CCOc1ccccc1F)C(=O)COCCN. The van der Waals surface area contributed by atoms with E-state index in [1.807, 2.05) is 0 Å². The second-order valence-corrected chi connectivity index (χ2v) is 3.94. The van der Waals surface area contributed by atoms with Crippen LogP contribution in [0.4, 0.5) is 4.39 Å². The maximum absolute atomic E-state index is 13.2. The zero-order valence-electron chi connectivity index (χ0n) is 11.0. The predicted octanol–water partition coefficient (Wildman–Crippen LogP) is 0.638. The van der Waals surface area contributed by atoms with Crippen LogP contribution in [-0.4, -0.2) is 50.8 Å². The van der Waals surface area contributed by atoms with Crippen molar-refractivity contribution in [1.29, 1.82) is 0 Å². The molecule has 0 aliphatic heterocycles. The lowest BCUT2D eigenvalue weighted by atomic mass is 10.3. The minimum Gasteiger partial charge on any atom is -0.489 e. The lowest BCUT2D eigenvalue weighted by Gasteiger charge is -2.17. The normalized spacial score (nSPS) is 10.3. The van der Waals surface area contributed by atoms with Gasteiger partial charge in [0.15, 0.2) is 11.6 Å². The molecule has 106 valence electrons. The summed E-state index contributed by atoms with van der Waals surface area (Å²) in [5.74, 6) is -0.393. The van der Waals surface area contributed by atoms with E-state index in [1.165, 1.54) is 11.0 Å². The van der Waals surface area contributed by atoms with E-state index >= 15 is 0 Å². The zero-order chi connectivity index (χ0) is 14.1. The van der Waals surface area contributed by atoms with E-state index in [1.54, 1.807) is 25.2 Å². The third-order valence-corrected chi connectivity index (χ3v) is 2.43. The maximum Gasteiger partial charge on any atom is 0.248 e. The van der Waals surface area contributed by atoms with Gasteiger partial charge in [0.2, 0.25) is 5.91 Å². The van der Waals surface area contributed by atoms with Crippen molar-refractivity contribution in [3.8, 4) is 5.75 Å². The molecule has 0 bridgehead atoms. The number of rotatable bonds is 8. The van der Waals surface area contributed by atoms with Crippen molar-refractivity contribution >= 4 is 5.91 Å². The van der Waals surface area contributed by atoms with Crippen molar-refractivity contribution in [2.45, 2.75) is 0 Å². The topological polar surface area (TPSA) is 64.8 Å². The molecule has 2 N–H and O–H groups in total. The van der Waals surface area contributed by atoms with Gasteiger partial charge in [0, 0.05) is 13.6 Å². The summed E-state index contributed by atoms with van der Waals surface area (Å²) in [6, 6.07) is 6.15. The summed E-state index contributed by atoms with van der Waals surface area (Å²) < 4.78 is 23.5. The van der Waals surface area contributed by atoms with Crippen LogP contribution in [0.5, 0.6) is 5.75 Å². The lowest BCUT2D eigenvalue weighted by molar-refractivity contribution is -0.135. The van der Waals surface area contributed by atoms with Crippen molar-refractivity contribution in [2.24, 2.45) is 5.73 Å². The second-order valence-electron chi connectivity index (χ2n) is 3.94. The van der Waals surface area contributed by atoms with Gasteiger partial charge in [-0.05, 0) is 12.1 Å². The van der Waals surface area contributed by atoms with Gasteiger partial charge in [-0.1, -0.05) is 12.1 Å². The lowest BCUT2D eigenvalue weighted by Crippen LogP contribution is -2.34. The van der Waals surface area contributed by atoms with Gasteiger partial charge in [-0.3, -0.25) is 4.79 Å². The molecule has 0 fully saturated rings. The number of ether oxygens (including phenoxy) is 2. The van der Waals surface area contributed by atoms with Gasteiger partial charge in [-0.25, -0.2) is 4.39 Å². The van der Waals surface area contributed by atoms with Crippen LogP contribution in [-0.2, 0) is 9.53 Å². The van der Waals surface area contributed by atoms with E-state index in [-0.39, 0.29) is 24.9 Å². The van der Waals surface area contributed by atoms with Gasteiger partial charge in [-0.2, -0.15) is 0 Å². The average molecular weight is 270 g/mol. The van der Waals surface area contributed by atoms with Gasteiger partial charge in [0.25, 0.3) is 0 Å². The Labute approximate surface area is 112 Å². The first-order chi connectivity index (χ1) is 9.15. The van der Waals surface area contributed by atoms with Crippen molar-refractivity contribution in [2.75, 3.05) is 40.0 Å². The molecule has 0 aromatic heterocycles. The Morgan fingerprint density at radius 2 is 2.11 bits per heavy atom. The fourth-order valence-corrected chi connectivity index (χ4v) is 1.33. The smallest absolute Gasteiger partial charge is 0.248 e. The Kier molecular flexibility index (Phi) is 6.84. The standard InChI is InChI=1S/C13H19FN2O3/c1-16(13(17)10-18-8-6-15)7-9-19-12-5-3-2-4-11(12)14/h2-5H,6-10,15H2,1H3. The third-order valence-electron chi connectivity index (χ3n) is 2.43. The monoisotopic (exact) mass is 270 g/mol. The van der Waals surface area contributed by atoms with Crippen molar-refractivity contribution in [3.05, 3.63) is 30.1 Å². The highest BCUT2D eigenvalue weighted by Crippen LogP contribution is 2.14. The summed E-state index contributed by atoms with van der Waals surface area (Å²) in [5, 5.41) is 0. The van der Waals surface area contributed by atoms with Crippen molar-refractivity contribution in [1.82, 2.24) is 4.90 Å². The van der Waals surface area contributed by atoms with Gasteiger partial charge >= 0.3 is 0 Å². The van der Waals surface area contributed by atoms with Crippen molar-refractivity contribution < 1.29 is 18.7 Å². The van der Waals surface area contributed by atoms with Gasteiger partial charge in [0.1, 0.15) is 13.2 Å². The quantitative estimate of drug-likeness (QED) is 0.704. The molecule has 1 aromatic rings. The highest BCUT2D eigenvalue weighted by atomic mass is 19.1. The molecule has 0 aliphatic carbocycles. The number of nitrogens with zero attached hydrogens (tertiary/aromatic N) is 1. The van der Waals surface area contributed by atoms with Crippen LogP contribution in [0.3, 0.4) is 0 Å². The molecule has 0 saturated carbocycles. The average Bonchev–Trinajstić information content (AvgIpc) is 2.41. The molecule has 0 heterocycles. The summed E-state index contributed by atoms with van der Waals surface area (Å²) >= 11 is 0. The number of amides is 1. The number of hydrogen-bond acceptors (Lipinski definition) is 4. The third kappa shape index (κ3) is 5.67. The number of para-hydroxylation sites is 1. The van der Waals surface area contributed by atoms with Gasteiger partial charge in [-0.15, -0.1) is 0 Å². The summed E-state index contributed by atoms with van der Waals surface area (Å²) in [6.07, 6.45) is 0. The summed E-state index contributed by atoms with van der Waals surface area (Å²) in [5.41, 5.74) is 5.24. The molecule has 6 heteroatoms. The Bertz CT molecular complexity index is 401. The highest BCUT2D eigenvalue weighted by molar-refractivity contribution is 5.77. The summed E-state index contributed by atoms with van der Waals surface area (Å²) in [4.78, 5) is 13.0. The van der Waals surface area contributed by atoms with Crippen LogP contribution in [0.15, 0.2) is 24.3 Å². The van der Waals surface area contributed by atoms with Gasteiger partial charge in [0.05, 0.1) is 13.2 Å². The number of hydrogen-bond donors (Lipinski definition) is 1. The predicted molar refractivity (Wildman–Crippen MR) is 69.4 cm³/mol. The molecule has 0 saturated heterocycles. The van der Waals surface area contributed by atoms with Crippen LogP contribution in [0.2, 0.25) is 0 Å². The Balaban J connectivity index is 2.25. The van der Waals surface area contributed by atoms with Crippen LogP contribution in [0.25, 0.3) is 0 Å². The van der Waals surface area contributed by atoms with E-state index in [0.29, 0.717) is 19.7 Å². The van der Waals surface area contributed by atoms with E-state index in [4.69, 9.17) is 15.2 Å². The first kappa shape index (κ1) is 15.4. The minimum absolute atomic E-state index is 0.00655. The summed E-state index contributed by atoms with van der Waals surface area (Å²) in [7, 11) is 1.64. The molecular formula is C13H19FN2O3. The molecule has 0 atom stereocenters. The Morgan fingerprint density at radius 1 is 1.37 bits per heavy atom. The number of carbonyl (C=O) groups excluding carboxylic acids is 1. The molecule has 1 amide bonds. The van der Waals surface area contributed by atoms with Crippen LogP contribution < -0.4 is 10.5 Å². The van der Waals surface area contributed by atoms with E-state index in [0.717, 1.165) is 0 Å². The van der Waals surface area contributed by atoms with E-state index in [2.05, 4.69) is 0 Å². The van der Waals surface area contributed by atoms with Crippen LogP contribution in [0, 0.1) is 5.82 Å². The maximum atomic E-state index is 13.2. The first-order valence-corrected chi connectivity index (χ1v) is 6.04. The molecule has 0 aliphatic rings. The molecule has 0 unspecified atom stereocenters. The van der Waals surface area contributed by atoms with E-state index < -0.39 is 5.82 Å². The van der Waals surface area contributed by atoms with Crippen LogP contribution in [0.1, 0.15) is 0 Å². The number of carbonyl (C=O) groups is 1. The number of likely N-dealkylation sites (N-methyl/N-ethyl adjacent to an activating group) is 1. The van der Waals surface area contributed by atoms with Crippen LogP contribution >= 0.6 is 0 Å². The molecule has 1 rings (SSSR count). The Morgan fingerprint density at radius 3 is 2.79 bits per heavy atom. The molecule has 0 radical (unpaired) electrons. The molecule has 0 spiro atoms. The summed E-state index contributed by atoms with van der Waals surface area (Å²) in [6.45, 7) is 1.31. The molecular weight excluding hydrogens is 251 g/mol. The fourth-order valence-electron chi connectivity index (χ4n) is 1.33. The Hall–Kier alpha value is -1.66. The van der Waals surface area contributed by atoms with Gasteiger partial charge < -0.3 is 20.1 Å². The van der Waals surface area contributed by atoms with E-state index in [9.17, 15) is 9.18 Å². The molecule has 1 aromatic carbocycles. The molecule has 19 heavy (non-hydrogen) atoms. The zero-order valence-corrected chi connectivity index (χ0v) is 11.0. The largest absolute Gasteiger partial charge is 0.489 e. The number of nitrogens with two attached hydrogens (primary N) is 1.